The highest BCUT2D eigenvalue weighted by atomic mass is 35.5. The fraction of sp³-hybridized carbons (Fsp3) is 0. The van der Waals surface area contributed by atoms with Crippen LogP contribution in [0.15, 0.2) is 72.8 Å². The normalized spacial score (nSPS) is 10.2. The molecule has 6 heteroatoms. The van der Waals surface area contributed by atoms with Crippen LogP contribution in [0.1, 0.15) is 20.7 Å². The van der Waals surface area contributed by atoms with E-state index < -0.39 is 5.91 Å². The number of carbonyl (C=O) groups is 2. The van der Waals surface area contributed by atoms with Gasteiger partial charge >= 0.3 is 0 Å². The standard InChI is InChI=1S/C20H14Cl2N2O2/c21-13-10-11-15(17(22)12-13)19(25)24-18-9-5-4-8-16(18)20(26)23-14-6-2-1-3-7-14/h1-12H,(H,23,26)(H,24,25). The molecule has 0 radical (unpaired) electrons. The smallest absolute Gasteiger partial charge is 0.257 e. The molecular formula is C20H14Cl2N2O2. The third kappa shape index (κ3) is 4.23. The van der Waals surface area contributed by atoms with E-state index in [0.717, 1.165) is 0 Å². The summed E-state index contributed by atoms with van der Waals surface area (Å²) in [6.07, 6.45) is 0. The lowest BCUT2D eigenvalue weighted by molar-refractivity contribution is 0.102. The van der Waals surface area contributed by atoms with Gasteiger partial charge in [-0.05, 0) is 42.5 Å². The van der Waals surface area contributed by atoms with E-state index in [0.29, 0.717) is 22.0 Å². The van der Waals surface area contributed by atoms with Gasteiger partial charge in [0.05, 0.1) is 21.8 Å². The van der Waals surface area contributed by atoms with Crippen molar-refractivity contribution in [2.75, 3.05) is 10.6 Å². The van der Waals surface area contributed by atoms with Gasteiger partial charge in [0, 0.05) is 10.7 Å². The number of para-hydroxylation sites is 2. The summed E-state index contributed by atoms with van der Waals surface area (Å²) in [5.74, 6) is -0.749. The number of carbonyl (C=O) groups excluding carboxylic acids is 2. The van der Waals surface area contributed by atoms with Crippen LogP contribution in [0.25, 0.3) is 0 Å². The highest BCUT2D eigenvalue weighted by Gasteiger charge is 2.16. The minimum Gasteiger partial charge on any atom is -0.322 e. The molecule has 0 atom stereocenters. The van der Waals surface area contributed by atoms with Gasteiger partial charge in [-0.15, -0.1) is 0 Å². The first-order chi connectivity index (χ1) is 12.5. The predicted octanol–water partition coefficient (Wildman–Crippen LogP) is 5.50. The van der Waals surface area contributed by atoms with E-state index in [1.807, 2.05) is 18.2 Å². The fourth-order valence-corrected chi connectivity index (χ4v) is 2.87. The Morgan fingerprint density at radius 1 is 0.692 bits per heavy atom. The Morgan fingerprint density at radius 3 is 2.08 bits per heavy atom. The van der Waals surface area contributed by atoms with Crippen molar-refractivity contribution in [1.82, 2.24) is 0 Å². The van der Waals surface area contributed by atoms with Gasteiger partial charge in [0.2, 0.25) is 0 Å². The van der Waals surface area contributed by atoms with Crippen molar-refractivity contribution in [3.05, 3.63) is 94.0 Å². The SMILES string of the molecule is O=C(Nc1ccccc1C(=O)Nc1ccccc1)c1ccc(Cl)cc1Cl. The number of nitrogens with one attached hydrogen (secondary N) is 2. The monoisotopic (exact) mass is 384 g/mol. The third-order valence-corrected chi connectivity index (χ3v) is 4.18. The number of halogens is 2. The van der Waals surface area contributed by atoms with Crippen molar-refractivity contribution in [3.63, 3.8) is 0 Å². The zero-order valence-electron chi connectivity index (χ0n) is 13.5. The molecule has 0 unspecified atom stereocenters. The minimum absolute atomic E-state index is 0.237. The second kappa shape index (κ2) is 8.04. The average molecular weight is 385 g/mol. The topological polar surface area (TPSA) is 58.2 Å². The van der Waals surface area contributed by atoms with E-state index in [1.165, 1.54) is 12.1 Å². The molecule has 3 aromatic carbocycles. The van der Waals surface area contributed by atoms with E-state index in [4.69, 9.17) is 23.2 Å². The van der Waals surface area contributed by atoms with E-state index >= 15 is 0 Å². The minimum atomic E-state index is -0.424. The van der Waals surface area contributed by atoms with Crippen LogP contribution >= 0.6 is 23.2 Å². The summed E-state index contributed by atoms with van der Waals surface area (Å²) in [5, 5.41) is 6.20. The maximum atomic E-state index is 12.6. The van der Waals surface area contributed by atoms with Crippen LogP contribution in [-0.4, -0.2) is 11.8 Å². The summed E-state index contributed by atoms with van der Waals surface area (Å²) in [7, 11) is 0. The highest BCUT2D eigenvalue weighted by molar-refractivity contribution is 6.37. The van der Waals surface area contributed by atoms with Crippen LogP contribution in [0.3, 0.4) is 0 Å². The lowest BCUT2D eigenvalue weighted by atomic mass is 10.1. The fourth-order valence-electron chi connectivity index (χ4n) is 2.37. The summed E-state index contributed by atoms with van der Waals surface area (Å²) in [5.41, 5.74) is 1.67. The Balaban J connectivity index is 1.83. The molecule has 26 heavy (non-hydrogen) atoms. The molecule has 3 rings (SSSR count). The second-order valence-electron chi connectivity index (χ2n) is 5.44. The molecule has 2 amide bonds. The molecule has 0 spiro atoms. The Morgan fingerprint density at radius 2 is 1.35 bits per heavy atom. The Hall–Kier alpha value is -2.82. The molecule has 0 saturated carbocycles. The van der Waals surface area contributed by atoms with Crippen molar-refractivity contribution < 1.29 is 9.59 Å². The average Bonchev–Trinajstić information content (AvgIpc) is 2.62. The summed E-state index contributed by atoms with van der Waals surface area (Å²) in [6, 6.07) is 20.4. The molecule has 0 fully saturated rings. The molecule has 3 aromatic rings. The second-order valence-corrected chi connectivity index (χ2v) is 6.29. The molecule has 0 aliphatic heterocycles. The van der Waals surface area contributed by atoms with Gasteiger partial charge in [-0.25, -0.2) is 0 Å². The van der Waals surface area contributed by atoms with Crippen LogP contribution in [-0.2, 0) is 0 Å². The number of rotatable bonds is 4. The van der Waals surface area contributed by atoms with Gasteiger partial charge in [0.1, 0.15) is 0 Å². The van der Waals surface area contributed by atoms with Crippen LogP contribution in [0.4, 0.5) is 11.4 Å². The van der Waals surface area contributed by atoms with Gasteiger partial charge in [-0.3, -0.25) is 9.59 Å². The molecule has 130 valence electrons. The Labute approximate surface area is 160 Å². The van der Waals surface area contributed by atoms with E-state index in [2.05, 4.69) is 10.6 Å². The maximum Gasteiger partial charge on any atom is 0.257 e. The zero-order valence-corrected chi connectivity index (χ0v) is 15.0. The maximum absolute atomic E-state index is 12.6. The molecule has 0 saturated heterocycles. The molecule has 0 bridgehead atoms. The van der Waals surface area contributed by atoms with Crippen molar-refractivity contribution in [1.29, 1.82) is 0 Å². The summed E-state index contributed by atoms with van der Waals surface area (Å²) < 4.78 is 0. The number of anilines is 2. The van der Waals surface area contributed by atoms with E-state index in [-0.39, 0.29) is 16.5 Å². The van der Waals surface area contributed by atoms with Gasteiger partial charge < -0.3 is 10.6 Å². The molecule has 0 heterocycles. The Kier molecular flexibility index (Phi) is 5.56. The van der Waals surface area contributed by atoms with Crippen molar-refractivity contribution >= 4 is 46.4 Å². The highest BCUT2D eigenvalue weighted by Crippen LogP contribution is 2.23. The quantitative estimate of drug-likeness (QED) is 0.623. The van der Waals surface area contributed by atoms with Crippen LogP contribution in [0.2, 0.25) is 10.0 Å². The van der Waals surface area contributed by atoms with Gasteiger partial charge in [-0.1, -0.05) is 53.5 Å². The number of hydrogen-bond acceptors (Lipinski definition) is 2. The van der Waals surface area contributed by atoms with Gasteiger partial charge in [0.15, 0.2) is 0 Å². The van der Waals surface area contributed by atoms with Crippen molar-refractivity contribution in [2.45, 2.75) is 0 Å². The molecular weight excluding hydrogens is 371 g/mol. The summed E-state index contributed by atoms with van der Waals surface area (Å²) in [6.45, 7) is 0. The predicted molar refractivity (Wildman–Crippen MR) is 105 cm³/mol. The lowest BCUT2D eigenvalue weighted by Crippen LogP contribution is -2.18. The molecule has 4 nitrogen and oxygen atoms in total. The first-order valence-corrected chi connectivity index (χ1v) is 8.52. The lowest BCUT2D eigenvalue weighted by Gasteiger charge is -2.12. The van der Waals surface area contributed by atoms with Crippen LogP contribution in [0, 0.1) is 0 Å². The molecule has 0 aliphatic rings. The number of benzene rings is 3. The number of amides is 2. The molecule has 2 N–H and O–H groups in total. The van der Waals surface area contributed by atoms with Crippen LogP contribution < -0.4 is 10.6 Å². The van der Waals surface area contributed by atoms with Crippen molar-refractivity contribution in [2.24, 2.45) is 0 Å². The Bertz CT molecular complexity index is 959. The van der Waals surface area contributed by atoms with Crippen LogP contribution in [0.5, 0.6) is 0 Å². The number of hydrogen-bond donors (Lipinski definition) is 2. The summed E-state index contributed by atoms with van der Waals surface area (Å²) >= 11 is 11.9. The largest absolute Gasteiger partial charge is 0.322 e. The van der Waals surface area contributed by atoms with Gasteiger partial charge in [0.25, 0.3) is 11.8 Å². The zero-order chi connectivity index (χ0) is 18.5. The third-order valence-electron chi connectivity index (χ3n) is 3.63. The van der Waals surface area contributed by atoms with E-state index in [9.17, 15) is 9.59 Å². The molecule has 0 aliphatic carbocycles. The first-order valence-electron chi connectivity index (χ1n) is 7.76. The van der Waals surface area contributed by atoms with Gasteiger partial charge in [-0.2, -0.15) is 0 Å². The van der Waals surface area contributed by atoms with E-state index in [1.54, 1.807) is 42.5 Å². The first kappa shape index (κ1) is 18.0. The summed E-state index contributed by atoms with van der Waals surface area (Å²) in [4.78, 5) is 25.1. The van der Waals surface area contributed by atoms with Crippen molar-refractivity contribution in [3.8, 4) is 0 Å². The molecule has 0 aromatic heterocycles.